The van der Waals surface area contributed by atoms with Crippen LogP contribution in [-0.4, -0.2) is 24.1 Å². The minimum Gasteiger partial charge on any atom is -0.309 e. The van der Waals surface area contributed by atoms with Crippen molar-refractivity contribution in [3.05, 3.63) is 200 Å². The van der Waals surface area contributed by atoms with Crippen LogP contribution in [0.25, 0.3) is 100 Å². The first kappa shape index (κ1) is 23.2. The Balaban J connectivity index is 1.33. The molecule has 0 spiro atoms. The summed E-state index contributed by atoms with van der Waals surface area (Å²) in [7, 11) is 0. The molecule has 3 heterocycles. The van der Waals surface area contributed by atoms with E-state index in [1.165, 1.54) is 4.57 Å². The lowest BCUT2D eigenvalue weighted by atomic mass is 10.0. The Labute approximate surface area is 337 Å². The number of hydrogen-bond acceptors (Lipinski definition) is 3. The Morgan fingerprint density at radius 2 is 0.893 bits per heavy atom. The van der Waals surface area contributed by atoms with Gasteiger partial charge in [0, 0.05) is 38.4 Å². The van der Waals surface area contributed by atoms with Gasteiger partial charge in [-0.15, -0.1) is 0 Å². The van der Waals surface area contributed by atoms with Crippen LogP contribution in [0.1, 0.15) is 13.7 Å². The first-order valence-electron chi connectivity index (χ1n) is 23.1. The molecular weight excluding hydrogens is 683 g/mol. The summed E-state index contributed by atoms with van der Waals surface area (Å²) in [5.41, 5.74) is 5.45. The van der Waals surface area contributed by atoms with E-state index < -0.39 is 48.3 Å². The van der Waals surface area contributed by atoms with Crippen LogP contribution in [0.3, 0.4) is 0 Å². The van der Waals surface area contributed by atoms with Crippen LogP contribution in [0.4, 0.5) is 0 Å². The number of aromatic nitrogens is 5. The Hall–Kier alpha value is -7.63. The average molecular weight is 726 g/mol. The van der Waals surface area contributed by atoms with Crippen molar-refractivity contribution in [1.82, 2.24) is 24.1 Å². The highest BCUT2D eigenvalue weighted by Crippen LogP contribution is 2.42. The number of rotatable bonds is 6. The molecule has 0 unspecified atom stereocenters. The molecule has 5 heteroatoms. The summed E-state index contributed by atoms with van der Waals surface area (Å²) in [6, 6.07) is 39.1. The largest absolute Gasteiger partial charge is 0.309 e. The molecule has 5 nitrogen and oxygen atoms in total. The minimum atomic E-state index is -0.546. The third kappa shape index (κ3) is 5.21. The molecule has 0 saturated heterocycles. The maximum atomic E-state index is 9.84. The first-order valence-corrected chi connectivity index (χ1v) is 18.1. The lowest BCUT2D eigenvalue weighted by molar-refractivity contribution is 0.953. The standard InChI is InChI=1S/C51H33N5/c1-4-15-34(16-5-1)36-27-29-38(30-28-36)50-52-49(37-19-8-3-9-20-37)53-51(54-50)56-45-26-13-11-24-43(45)47-46(56)32-31-42-41-23-10-12-25-44(41)55(48(42)47)40-22-14-21-39(33-40)35-17-6-2-7-18-35/h1-33H/i10D,11D,12D,13D,23D,24D,25D,26D,31D,32D. The molecule has 262 valence electrons. The third-order valence-electron chi connectivity index (χ3n) is 10.1. The highest BCUT2D eigenvalue weighted by molar-refractivity contribution is 6.26. The van der Waals surface area contributed by atoms with Gasteiger partial charge in [-0.3, -0.25) is 4.57 Å². The van der Waals surface area contributed by atoms with Crippen LogP contribution < -0.4 is 0 Å². The lowest BCUT2D eigenvalue weighted by Crippen LogP contribution is -2.06. The second-order valence-corrected chi connectivity index (χ2v) is 13.3. The first-order chi connectivity index (χ1) is 31.9. The zero-order valence-electron chi connectivity index (χ0n) is 39.5. The van der Waals surface area contributed by atoms with E-state index in [0.29, 0.717) is 16.8 Å². The molecule has 11 rings (SSSR count). The summed E-state index contributed by atoms with van der Waals surface area (Å²) in [6.45, 7) is 0. The third-order valence-corrected chi connectivity index (χ3v) is 10.1. The maximum absolute atomic E-state index is 9.84. The molecule has 0 radical (unpaired) electrons. The Morgan fingerprint density at radius 3 is 1.57 bits per heavy atom. The minimum absolute atomic E-state index is 0.00369. The molecule has 0 bridgehead atoms. The predicted molar refractivity (Wildman–Crippen MR) is 230 cm³/mol. The fourth-order valence-electron chi connectivity index (χ4n) is 7.49. The molecule has 0 aliphatic heterocycles. The fourth-order valence-corrected chi connectivity index (χ4v) is 7.49. The Kier molecular flexibility index (Phi) is 5.41. The van der Waals surface area contributed by atoms with Crippen molar-refractivity contribution in [2.75, 3.05) is 0 Å². The molecule has 0 aliphatic rings. The van der Waals surface area contributed by atoms with Gasteiger partial charge in [-0.2, -0.15) is 9.97 Å². The van der Waals surface area contributed by atoms with Gasteiger partial charge in [-0.05, 0) is 52.5 Å². The van der Waals surface area contributed by atoms with Gasteiger partial charge in [0.05, 0.1) is 35.8 Å². The van der Waals surface area contributed by atoms with Crippen molar-refractivity contribution in [3.63, 3.8) is 0 Å². The molecule has 0 N–H and O–H groups in total. The molecule has 11 aromatic rings. The Bertz CT molecular complexity index is 3800. The topological polar surface area (TPSA) is 48.5 Å². The SMILES string of the molecule is [2H]c1c([2H])c([2H])c2c(c1[2H])c1c(c([2H])c([2H])c3c4c([2H])c([2H])c([2H])c([2H])c4n(-c4cccc(-c5ccccc5)c4)c31)n2-c1nc(-c2ccccc2)nc(-c2ccc(-c3ccccc3)cc2)n1. The maximum Gasteiger partial charge on any atom is 0.238 e. The van der Waals surface area contributed by atoms with Crippen LogP contribution in [0, 0.1) is 0 Å². The molecule has 3 aromatic heterocycles. The molecule has 0 amide bonds. The van der Waals surface area contributed by atoms with E-state index in [2.05, 4.69) is 0 Å². The monoisotopic (exact) mass is 725 g/mol. The van der Waals surface area contributed by atoms with Gasteiger partial charge < -0.3 is 4.57 Å². The summed E-state index contributed by atoms with van der Waals surface area (Å²) >= 11 is 0. The van der Waals surface area contributed by atoms with Gasteiger partial charge in [-0.1, -0.05) is 170 Å². The molecule has 8 aromatic carbocycles. The summed E-state index contributed by atoms with van der Waals surface area (Å²) in [6.07, 6.45) is 0. The van der Waals surface area contributed by atoms with Crippen LogP contribution in [0.15, 0.2) is 200 Å². The van der Waals surface area contributed by atoms with E-state index in [0.717, 1.165) is 22.3 Å². The quantitative estimate of drug-likeness (QED) is 0.171. The summed E-state index contributed by atoms with van der Waals surface area (Å²) < 4.78 is 95.7. The second kappa shape index (κ2) is 13.0. The number of nitrogens with zero attached hydrogens (tertiary/aromatic N) is 5. The van der Waals surface area contributed by atoms with Crippen molar-refractivity contribution < 1.29 is 13.7 Å². The zero-order valence-corrected chi connectivity index (χ0v) is 29.5. The lowest BCUT2D eigenvalue weighted by Gasteiger charge is -2.12. The van der Waals surface area contributed by atoms with Gasteiger partial charge in [0.25, 0.3) is 0 Å². The molecule has 0 fully saturated rings. The predicted octanol–water partition coefficient (Wildman–Crippen LogP) is 12.7. The van der Waals surface area contributed by atoms with Crippen molar-refractivity contribution >= 4 is 43.6 Å². The summed E-state index contributed by atoms with van der Waals surface area (Å²) in [4.78, 5) is 14.9. The van der Waals surface area contributed by atoms with Crippen molar-refractivity contribution in [2.45, 2.75) is 0 Å². The van der Waals surface area contributed by atoms with Gasteiger partial charge in [0.15, 0.2) is 11.6 Å². The van der Waals surface area contributed by atoms with Crippen molar-refractivity contribution in [2.24, 2.45) is 0 Å². The van der Waals surface area contributed by atoms with E-state index in [4.69, 9.17) is 20.4 Å². The highest BCUT2D eigenvalue weighted by atomic mass is 15.2. The van der Waals surface area contributed by atoms with Gasteiger partial charge >= 0.3 is 0 Å². The summed E-state index contributed by atoms with van der Waals surface area (Å²) in [5, 5.41) is 0.118. The van der Waals surface area contributed by atoms with Gasteiger partial charge in [-0.25, -0.2) is 4.98 Å². The number of hydrogen-bond donors (Lipinski definition) is 0. The van der Waals surface area contributed by atoms with Gasteiger partial charge in [0.1, 0.15) is 0 Å². The van der Waals surface area contributed by atoms with Crippen molar-refractivity contribution in [1.29, 1.82) is 0 Å². The van der Waals surface area contributed by atoms with E-state index in [1.807, 2.05) is 133 Å². The van der Waals surface area contributed by atoms with E-state index in [-0.39, 0.29) is 73.3 Å². The van der Waals surface area contributed by atoms with Crippen LogP contribution in [0.5, 0.6) is 0 Å². The normalized spacial score (nSPS) is 14.1. The highest BCUT2D eigenvalue weighted by Gasteiger charge is 2.23. The molecule has 56 heavy (non-hydrogen) atoms. The Morgan fingerprint density at radius 1 is 0.375 bits per heavy atom. The number of benzene rings is 8. The summed E-state index contributed by atoms with van der Waals surface area (Å²) in [5.74, 6) is 0.400. The average Bonchev–Trinajstić information content (AvgIpc) is 3.91. The molecule has 0 atom stereocenters. The van der Waals surface area contributed by atoms with Crippen LogP contribution >= 0.6 is 0 Å². The smallest absolute Gasteiger partial charge is 0.238 e. The molecule has 0 saturated carbocycles. The van der Waals surface area contributed by atoms with E-state index in [1.54, 1.807) is 10.6 Å². The number of para-hydroxylation sites is 2. The fraction of sp³-hybridized carbons (Fsp3) is 0. The number of fused-ring (bicyclic) bond motifs is 7. The van der Waals surface area contributed by atoms with Crippen LogP contribution in [-0.2, 0) is 0 Å². The van der Waals surface area contributed by atoms with E-state index in [9.17, 15) is 8.22 Å². The zero-order chi connectivity index (χ0) is 45.7. The molecular formula is C51H33N5. The van der Waals surface area contributed by atoms with E-state index >= 15 is 0 Å². The molecule has 0 aliphatic carbocycles. The van der Waals surface area contributed by atoms with Gasteiger partial charge in [0.2, 0.25) is 5.95 Å². The van der Waals surface area contributed by atoms with Crippen molar-refractivity contribution in [3.8, 4) is 56.7 Å². The second-order valence-electron chi connectivity index (χ2n) is 13.3. The van der Waals surface area contributed by atoms with Crippen LogP contribution in [0.2, 0.25) is 0 Å².